The molecule has 0 aliphatic rings. The molecule has 1 N–H and O–H groups in total. The Kier molecular flexibility index (Phi) is 9.31. The Balaban J connectivity index is 1.60. The van der Waals surface area contributed by atoms with Crippen LogP contribution in [-0.2, 0) is 4.74 Å². The van der Waals surface area contributed by atoms with Gasteiger partial charge in [-0.1, -0.05) is 87.7 Å². The minimum Gasteiger partial charge on any atom is -0.449 e. The van der Waals surface area contributed by atoms with Crippen LogP contribution in [0.3, 0.4) is 0 Å². The number of hydrogen-bond acceptors (Lipinski definition) is 6. The van der Waals surface area contributed by atoms with Gasteiger partial charge < -0.3 is 10.1 Å². The number of nitro benzene ring substituents is 1. The number of carbonyl (C=O) groups excluding carboxylic acids is 3. The van der Waals surface area contributed by atoms with Crippen LogP contribution in [0.2, 0.25) is 10.0 Å². The van der Waals surface area contributed by atoms with Crippen molar-refractivity contribution in [1.29, 1.82) is 0 Å². The Morgan fingerprint density at radius 3 is 2.25 bits per heavy atom. The number of esters is 1. The number of rotatable bonds is 9. The molecule has 0 radical (unpaired) electrons. The number of nitrogens with one attached hydrogen (secondary N) is 1. The molecule has 40 heavy (non-hydrogen) atoms. The molecule has 0 heterocycles. The quantitative estimate of drug-likeness (QED) is 0.0658. The van der Waals surface area contributed by atoms with Crippen LogP contribution in [0.5, 0.6) is 0 Å². The van der Waals surface area contributed by atoms with E-state index in [-0.39, 0.29) is 33.1 Å². The fourth-order valence-corrected chi connectivity index (χ4v) is 4.90. The van der Waals surface area contributed by atoms with Gasteiger partial charge in [0.1, 0.15) is 0 Å². The number of carbonyl (C=O) groups is 3. The summed E-state index contributed by atoms with van der Waals surface area (Å²) in [5, 5.41) is 14.5. The van der Waals surface area contributed by atoms with E-state index in [0.29, 0.717) is 10.6 Å². The summed E-state index contributed by atoms with van der Waals surface area (Å²) in [5.74, 6) is -1.87. The Hall–Kier alpha value is -4.05. The number of Topliss-reactive ketones (excluding diaryl/α,β-unsaturated/α-hetero) is 1. The van der Waals surface area contributed by atoms with Gasteiger partial charge in [0.05, 0.1) is 25.9 Å². The lowest BCUT2D eigenvalue weighted by atomic mass is 9.99. The van der Waals surface area contributed by atoms with Crippen LogP contribution >= 0.6 is 39.1 Å². The number of ether oxygens (including phenoxy) is 1. The lowest BCUT2D eigenvalue weighted by Crippen LogP contribution is -2.31. The third-order valence-electron chi connectivity index (χ3n) is 5.75. The Bertz CT molecular complexity index is 1600. The number of amides is 1. The molecule has 0 saturated heterocycles. The van der Waals surface area contributed by atoms with Gasteiger partial charge in [-0.15, -0.1) is 0 Å². The summed E-state index contributed by atoms with van der Waals surface area (Å²) in [6.45, 7) is 0. The number of benzene rings is 4. The molecule has 0 aliphatic carbocycles. The topological polar surface area (TPSA) is 116 Å². The molecule has 4 rings (SSSR count). The molecule has 0 bridgehead atoms. The minimum atomic E-state index is -1.37. The lowest BCUT2D eigenvalue weighted by molar-refractivity contribution is -0.384. The van der Waals surface area contributed by atoms with Crippen molar-refractivity contribution in [1.82, 2.24) is 0 Å². The zero-order valence-electron chi connectivity index (χ0n) is 20.4. The van der Waals surface area contributed by atoms with Crippen LogP contribution in [0.1, 0.15) is 41.5 Å². The van der Waals surface area contributed by atoms with Gasteiger partial charge >= 0.3 is 5.97 Å². The van der Waals surface area contributed by atoms with E-state index in [9.17, 15) is 24.5 Å². The number of anilines is 1. The maximum absolute atomic E-state index is 13.5. The van der Waals surface area contributed by atoms with Gasteiger partial charge in [-0.05, 0) is 42.0 Å². The van der Waals surface area contributed by atoms with E-state index in [1.54, 1.807) is 42.5 Å². The van der Waals surface area contributed by atoms with Gasteiger partial charge in [-0.2, -0.15) is 0 Å². The second-order valence-corrected chi connectivity index (χ2v) is 10.3. The molecule has 0 fully saturated rings. The lowest BCUT2D eigenvalue weighted by Gasteiger charge is -2.22. The SMILES string of the molecule is O=C(O[C@H](C(=O)c1ccccc1)[C@H](Br)c1cccc([N+](=O)[O-])c1)c1cccc(NC(=O)c2ccc(Cl)cc2Cl)c1. The van der Waals surface area contributed by atoms with Crippen LogP contribution < -0.4 is 5.32 Å². The predicted molar refractivity (Wildman–Crippen MR) is 156 cm³/mol. The number of ketones is 1. The van der Waals surface area contributed by atoms with Crippen molar-refractivity contribution in [2.24, 2.45) is 0 Å². The molecule has 8 nitrogen and oxygen atoms in total. The van der Waals surface area contributed by atoms with E-state index in [4.69, 9.17) is 27.9 Å². The van der Waals surface area contributed by atoms with E-state index in [0.717, 1.165) is 0 Å². The van der Waals surface area contributed by atoms with Crippen molar-refractivity contribution in [3.8, 4) is 0 Å². The monoisotopic (exact) mass is 640 g/mol. The first-order chi connectivity index (χ1) is 19.1. The highest BCUT2D eigenvalue weighted by atomic mass is 79.9. The van der Waals surface area contributed by atoms with Crippen LogP contribution in [0.4, 0.5) is 11.4 Å². The second-order valence-electron chi connectivity index (χ2n) is 8.47. The largest absolute Gasteiger partial charge is 0.449 e. The van der Waals surface area contributed by atoms with E-state index in [1.807, 2.05) is 0 Å². The molecule has 1 amide bonds. The summed E-state index contributed by atoms with van der Waals surface area (Å²) in [5.41, 5.74) is 1.01. The van der Waals surface area contributed by atoms with Crippen molar-refractivity contribution < 1.29 is 24.0 Å². The molecule has 4 aromatic rings. The Labute approximate surface area is 247 Å². The van der Waals surface area contributed by atoms with Gasteiger partial charge in [-0.3, -0.25) is 19.7 Å². The molecular formula is C29H19BrCl2N2O6. The fraction of sp³-hybridized carbons (Fsp3) is 0.0690. The summed E-state index contributed by atoms with van der Waals surface area (Å²) >= 11 is 15.4. The van der Waals surface area contributed by atoms with E-state index >= 15 is 0 Å². The Morgan fingerprint density at radius 1 is 0.850 bits per heavy atom. The molecule has 0 saturated carbocycles. The molecule has 0 unspecified atom stereocenters. The second kappa shape index (κ2) is 12.9. The average molecular weight is 642 g/mol. The summed E-state index contributed by atoms with van der Waals surface area (Å²) in [6, 6.07) is 24.3. The van der Waals surface area contributed by atoms with Crippen LogP contribution in [0.15, 0.2) is 97.1 Å². The van der Waals surface area contributed by atoms with Crippen molar-refractivity contribution in [3.63, 3.8) is 0 Å². The van der Waals surface area contributed by atoms with Crippen LogP contribution in [-0.4, -0.2) is 28.7 Å². The number of halogens is 3. The number of alkyl halides is 1. The average Bonchev–Trinajstić information content (AvgIpc) is 2.95. The van der Waals surface area contributed by atoms with Crippen LogP contribution in [0.25, 0.3) is 0 Å². The first-order valence-electron chi connectivity index (χ1n) is 11.7. The van der Waals surface area contributed by atoms with Gasteiger partial charge in [0, 0.05) is 28.4 Å². The van der Waals surface area contributed by atoms with Crippen LogP contribution in [0, 0.1) is 10.1 Å². The maximum atomic E-state index is 13.5. The molecule has 0 aromatic heterocycles. The minimum absolute atomic E-state index is 0.0598. The maximum Gasteiger partial charge on any atom is 0.338 e. The fourth-order valence-electron chi connectivity index (χ4n) is 3.78. The first kappa shape index (κ1) is 28.9. The zero-order valence-corrected chi connectivity index (χ0v) is 23.5. The molecule has 0 aliphatic heterocycles. The number of nitrogens with zero attached hydrogens (tertiary/aromatic N) is 1. The smallest absolute Gasteiger partial charge is 0.338 e. The normalized spacial score (nSPS) is 12.2. The van der Waals surface area contributed by atoms with Gasteiger partial charge in [0.2, 0.25) is 5.78 Å². The third kappa shape index (κ3) is 6.93. The van der Waals surface area contributed by atoms with Crippen molar-refractivity contribution >= 4 is 68.2 Å². The number of hydrogen-bond donors (Lipinski definition) is 1. The van der Waals surface area contributed by atoms with Gasteiger partial charge in [-0.25, -0.2) is 4.79 Å². The summed E-state index contributed by atoms with van der Waals surface area (Å²) in [4.78, 5) is 49.3. The highest BCUT2D eigenvalue weighted by molar-refractivity contribution is 9.09. The predicted octanol–water partition coefficient (Wildman–Crippen LogP) is 7.70. The van der Waals surface area contributed by atoms with Crippen molar-refractivity contribution in [3.05, 3.63) is 139 Å². The Morgan fingerprint density at radius 2 is 1.55 bits per heavy atom. The summed E-state index contributed by atoms with van der Waals surface area (Å²) < 4.78 is 5.69. The van der Waals surface area contributed by atoms with Gasteiger partial charge in [0.25, 0.3) is 11.6 Å². The van der Waals surface area contributed by atoms with E-state index < -0.39 is 33.5 Å². The van der Waals surface area contributed by atoms with Crippen molar-refractivity contribution in [2.75, 3.05) is 5.32 Å². The standard InChI is InChI=1S/C29H19BrCl2N2O6/c30-25(18-8-5-11-22(15-18)34(38)39)27(26(35)17-6-2-1-3-7-17)40-29(37)19-9-4-10-21(14-19)33-28(36)23-13-12-20(31)16-24(23)32/h1-16,25,27H,(H,33,36)/t25-,27+/m1/s1. The molecule has 11 heteroatoms. The molecular weight excluding hydrogens is 623 g/mol. The van der Waals surface area contributed by atoms with Crippen molar-refractivity contribution in [2.45, 2.75) is 10.9 Å². The van der Waals surface area contributed by atoms with E-state index in [2.05, 4.69) is 21.2 Å². The van der Waals surface area contributed by atoms with E-state index in [1.165, 1.54) is 54.6 Å². The highest BCUT2D eigenvalue weighted by Gasteiger charge is 2.33. The number of nitro groups is 1. The highest BCUT2D eigenvalue weighted by Crippen LogP contribution is 2.33. The third-order valence-corrected chi connectivity index (χ3v) is 7.30. The molecule has 4 aromatic carbocycles. The zero-order chi connectivity index (χ0) is 28.8. The summed E-state index contributed by atoms with van der Waals surface area (Å²) in [6.07, 6.45) is -1.37. The number of non-ortho nitro benzene ring substituents is 1. The first-order valence-corrected chi connectivity index (χ1v) is 13.4. The summed E-state index contributed by atoms with van der Waals surface area (Å²) in [7, 11) is 0. The molecule has 2 atom stereocenters. The molecule has 202 valence electrons. The molecule has 0 spiro atoms. The van der Waals surface area contributed by atoms with Gasteiger partial charge in [0.15, 0.2) is 6.10 Å².